The first kappa shape index (κ1) is 24.5. The number of hydrogen-bond donors (Lipinski definition) is 2. The van der Waals surface area contributed by atoms with Gasteiger partial charge in [0.25, 0.3) is 0 Å². The highest BCUT2D eigenvalue weighted by molar-refractivity contribution is 5.91. The number of nitrogens with zero attached hydrogens (tertiary/aromatic N) is 1. The van der Waals surface area contributed by atoms with Gasteiger partial charge in [-0.1, -0.05) is 12.1 Å². The first-order valence-corrected chi connectivity index (χ1v) is 11.4. The summed E-state index contributed by atoms with van der Waals surface area (Å²) in [7, 11) is 2.13. The van der Waals surface area contributed by atoms with Crippen molar-refractivity contribution in [3.8, 4) is 5.75 Å². The number of furan rings is 1. The number of carbonyl (C=O) groups excluding carboxylic acids is 2. The van der Waals surface area contributed by atoms with Crippen LogP contribution in [0.15, 0.2) is 53.2 Å². The number of rotatable bonds is 12. The van der Waals surface area contributed by atoms with E-state index in [2.05, 4.69) is 22.6 Å². The lowest BCUT2D eigenvalue weighted by Crippen LogP contribution is -2.38. The summed E-state index contributed by atoms with van der Waals surface area (Å²) in [6.45, 7) is 3.80. The van der Waals surface area contributed by atoms with Crippen molar-refractivity contribution < 1.29 is 23.5 Å². The molecule has 0 bridgehead atoms. The van der Waals surface area contributed by atoms with Gasteiger partial charge in [0.1, 0.15) is 18.1 Å². The molecule has 2 aromatic rings. The molecular formula is C25H33N3O5. The maximum atomic E-state index is 12.1. The van der Waals surface area contributed by atoms with E-state index < -0.39 is 0 Å². The lowest BCUT2D eigenvalue weighted by Gasteiger charge is -2.31. The van der Waals surface area contributed by atoms with Gasteiger partial charge in [0.2, 0.25) is 11.8 Å². The molecule has 8 heteroatoms. The van der Waals surface area contributed by atoms with Crippen molar-refractivity contribution in [2.24, 2.45) is 0 Å². The zero-order chi connectivity index (χ0) is 23.3. The molecule has 1 aromatic carbocycles. The number of carbonyl (C=O) groups is 2. The van der Waals surface area contributed by atoms with E-state index in [0.717, 1.165) is 43.9 Å². The van der Waals surface area contributed by atoms with E-state index in [4.69, 9.17) is 13.9 Å². The lowest BCUT2D eigenvalue weighted by atomic mass is 10.1. The van der Waals surface area contributed by atoms with Crippen LogP contribution in [0.3, 0.4) is 0 Å². The number of nitrogens with one attached hydrogen (secondary N) is 2. The fourth-order valence-corrected chi connectivity index (χ4v) is 3.55. The van der Waals surface area contributed by atoms with Gasteiger partial charge in [0.05, 0.1) is 6.26 Å². The predicted octanol–water partition coefficient (Wildman–Crippen LogP) is 2.61. The largest absolute Gasteiger partial charge is 0.492 e. The SMILES string of the molecule is CN(CCOc1cccc(CNC(=O)CCNC(=O)/C=C/c2ccco2)c1)C1CCOCC1. The molecule has 2 heterocycles. The monoisotopic (exact) mass is 455 g/mol. The normalized spacial score (nSPS) is 14.5. The molecule has 178 valence electrons. The molecule has 0 unspecified atom stereocenters. The molecule has 0 aliphatic carbocycles. The van der Waals surface area contributed by atoms with Crippen LogP contribution in [-0.4, -0.2) is 62.7 Å². The van der Waals surface area contributed by atoms with E-state index in [1.807, 2.05) is 24.3 Å². The summed E-state index contributed by atoms with van der Waals surface area (Å²) in [5, 5.41) is 5.55. The Labute approximate surface area is 194 Å². The minimum atomic E-state index is -0.272. The first-order chi connectivity index (χ1) is 16.1. The Morgan fingerprint density at radius 2 is 2.03 bits per heavy atom. The molecule has 1 aliphatic rings. The van der Waals surface area contributed by atoms with Crippen LogP contribution in [0.5, 0.6) is 5.75 Å². The van der Waals surface area contributed by atoms with E-state index in [1.54, 1.807) is 18.2 Å². The molecule has 2 N–H and O–H groups in total. The summed E-state index contributed by atoms with van der Waals surface area (Å²) < 4.78 is 16.4. The standard InChI is InChI=1S/C25H33N3O5/c1-28(21-10-15-31-16-11-21)13-17-33-23-5-2-4-20(18-23)19-27-25(30)9-12-26-24(29)8-7-22-6-3-14-32-22/h2-8,14,18,21H,9-13,15-17,19H2,1H3,(H,26,29)(H,27,30)/b8-7+. The van der Waals surface area contributed by atoms with Crippen LogP contribution in [-0.2, 0) is 20.9 Å². The molecule has 0 atom stereocenters. The van der Waals surface area contributed by atoms with Crippen LogP contribution >= 0.6 is 0 Å². The Kier molecular flexibility index (Phi) is 10.0. The topological polar surface area (TPSA) is 93.0 Å². The Morgan fingerprint density at radius 1 is 1.18 bits per heavy atom. The second kappa shape index (κ2) is 13.4. The number of amides is 2. The summed E-state index contributed by atoms with van der Waals surface area (Å²) in [5.41, 5.74) is 0.962. The maximum Gasteiger partial charge on any atom is 0.244 e. The van der Waals surface area contributed by atoms with Gasteiger partial charge in [-0.2, -0.15) is 0 Å². The number of ether oxygens (including phenoxy) is 2. The molecule has 2 amide bonds. The van der Waals surface area contributed by atoms with Crippen LogP contribution in [0.25, 0.3) is 6.08 Å². The average molecular weight is 456 g/mol. The minimum Gasteiger partial charge on any atom is -0.492 e. The highest BCUT2D eigenvalue weighted by Crippen LogP contribution is 2.15. The molecule has 0 spiro atoms. The summed E-state index contributed by atoms with van der Waals surface area (Å²) in [6.07, 6.45) is 6.83. The van der Waals surface area contributed by atoms with Crippen molar-refractivity contribution in [1.82, 2.24) is 15.5 Å². The molecule has 1 aliphatic heterocycles. The second-order valence-corrected chi connectivity index (χ2v) is 7.99. The van der Waals surface area contributed by atoms with Gasteiger partial charge in [0.15, 0.2) is 0 Å². The third kappa shape index (κ3) is 9.11. The Bertz CT molecular complexity index is 891. The molecule has 8 nitrogen and oxygen atoms in total. The highest BCUT2D eigenvalue weighted by Gasteiger charge is 2.18. The van der Waals surface area contributed by atoms with E-state index in [0.29, 0.717) is 25.0 Å². The van der Waals surface area contributed by atoms with Crippen molar-refractivity contribution in [2.75, 3.05) is 40.0 Å². The molecule has 0 radical (unpaired) electrons. The fourth-order valence-electron chi connectivity index (χ4n) is 3.55. The van der Waals surface area contributed by atoms with Gasteiger partial charge in [-0.15, -0.1) is 0 Å². The van der Waals surface area contributed by atoms with Crippen LogP contribution in [0, 0.1) is 0 Å². The summed E-state index contributed by atoms with van der Waals surface area (Å²) in [5.74, 6) is 0.986. The van der Waals surface area contributed by atoms with E-state index in [9.17, 15) is 9.59 Å². The molecular weight excluding hydrogens is 422 g/mol. The molecule has 33 heavy (non-hydrogen) atoms. The van der Waals surface area contributed by atoms with E-state index in [-0.39, 0.29) is 24.8 Å². The number of likely N-dealkylation sites (N-methyl/N-ethyl adjacent to an activating group) is 1. The zero-order valence-corrected chi connectivity index (χ0v) is 19.1. The minimum absolute atomic E-state index is 0.130. The summed E-state index contributed by atoms with van der Waals surface area (Å²) in [6, 6.07) is 11.8. The van der Waals surface area contributed by atoms with Crippen LogP contribution in [0.2, 0.25) is 0 Å². The number of hydrogen-bond acceptors (Lipinski definition) is 6. The van der Waals surface area contributed by atoms with Crippen molar-refractivity contribution >= 4 is 17.9 Å². The Balaban J connectivity index is 1.30. The van der Waals surface area contributed by atoms with E-state index in [1.165, 1.54) is 12.3 Å². The highest BCUT2D eigenvalue weighted by atomic mass is 16.5. The van der Waals surface area contributed by atoms with Gasteiger partial charge in [-0.3, -0.25) is 14.5 Å². The summed E-state index contributed by atoms with van der Waals surface area (Å²) >= 11 is 0. The maximum absolute atomic E-state index is 12.1. The first-order valence-electron chi connectivity index (χ1n) is 11.4. The average Bonchev–Trinajstić information content (AvgIpc) is 3.36. The summed E-state index contributed by atoms with van der Waals surface area (Å²) in [4.78, 5) is 26.2. The third-order valence-electron chi connectivity index (χ3n) is 5.51. The predicted molar refractivity (Wildman–Crippen MR) is 126 cm³/mol. The van der Waals surface area contributed by atoms with Crippen LogP contribution in [0.4, 0.5) is 0 Å². The molecule has 1 aromatic heterocycles. The second-order valence-electron chi connectivity index (χ2n) is 7.99. The van der Waals surface area contributed by atoms with E-state index >= 15 is 0 Å². The smallest absolute Gasteiger partial charge is 0.244 e. The Hall–Kier alpha value is -3.10. The number of benzene rings is 1. The van der Waals surface area contributed by atoms with Crippen LogP contribution < -0.4 is 15.4 Å². The van der Waals surface area contributed by atoms with Gasteiger partial charge < -0.3 is 24.5 Å². The molecule has 3 rings (SSSR count). The van der Waals surface area contributed by atoms with Gasteiger partial charge in [0, 0.05) is 51.4 Å². The Morgan fingerprint density at radius 3 is 2.82 bits per heavy atom. The molecule has 1 saturated heterocycles. The van der Waals surface area contributed by atoms with Crippen molar-refractivity contribution in [2.45, 2.75) is 31.8 Å². The van der Waals surface area contributed by atoms with Crippen molar-refractivity contribution in [3.05, 3.63) is 60.1 Å². The van der Waals surface area contributed by atoms with Gasteiger partial charge in [-0.25, -0.2) is 0 Å². The molecule has 0 saturated carbocycles. The third-order valence-corrected chi connectivity index (χ3v) is 5.51. The van der Waals surface area contributed by atoms with Crippen molar-refractivity contribution in [3.63, 3.8) is 0 Å². The lowest BCUT2D eigenvalue weighted by molar-refractivity contribution is -0.121. The quantitative estimate of drug-likeness (QED) is 0.478. The van der Waals surface area contributed by atoms with Crippen LogP contribution in [0.1, 0.15) is 30.6 Å². The van der Waals surface area contributed by atoms with Gasteiger partial charge in [-0.05, 0) is 55.8 Å². The molecule has 1 fully saturated rings. The zero-order valence-electron chi connectivity index (χ0n) is 19.1. The van der Waals surface area contributed by atoms with Gasteiger partial charge >= 0.3 is 0 Å². The fraction of sp³-hybridized carbons (Fsp3) is 0.440. The van der Waals surface area contributed by atoms with Crippen molar-refractivity contribution in [1.29, 1.82) is 0 Å².